The van der Waals surface area contributed by atoms with Crippen molar-refractivity contribution in [2.75, 3.05) is 5.75 Å². The maximum Gasteiger partial charge on any atom is 0.212 e. The molecule has 5 nitrogen and oxygen atoms in total. The first kappa shape index (κ1) is 16.4. The maximum atomic E-state index is 12.1. The van der Waals surface area contributed by atoms with Gasteiger partial charge in [0.25, 0.3) is 0 Å². The number of amidine groups is 1. The standard InChI is InChI=1S/C13H27N3O2S/c1-3-5-10-19(17,18)16-13(12(14)15)8-6-11(4-2)7-9-13/h11,16H,3-10H2,1-2H3,(H3,14,15). The molecule has 0 bridgehead atoms. The lowest BCUT2D eigenvalue weighted by molar-refractivity contribution is 0.266. The zero-order valence-corrected chi connectivity index (χ0v) is 12.9. The van der Waals surface area contributed by atoms with Crippen LogP contribution in [-0.4, -0.2) is 25.5 Å². The van der Waals surface area contributed by atoms with Crippen molar-refractivity contribution >= 4 is 15.9 Å². The van der Waals surface area contributed by atoms with Gasteiger partial charge in [0, 0.05) is 0 Å². The first-order chi connectivity index (χ1) is 8.85. The molecule has 0 aromatic rings. The summed E-state index contributed by atoms with van der Waals surface area (Å²) in [4.78, 5) is 0. The van der Waals surface area contributed by atoms with Gasteiger partial charge in [-0.25, -0.2) is 13.1 Å². The second kappa shape index (κ2) is 6.70. The summed E-state index contributed by atoms with van der Waals surface area (Å²) < 4.78 is 26.8. The van der Waals surface area contributed by atoms with Crippen LogP contribution in [-0.2, 0) is 10.0 Å². The summed E-state index contributed by atoms with van der Waals surface area (Å²) in [5, 5.41) is 7.77. The molecule has 0 saturated heterocycles. The van der Waals surface area contributed by atoms with Gasteiger partial charge in [0.15, 0.2) is 0 Å². The highest BCUT2D eigenvalue weighted by Gasteiger charge is 2.40. The van der Waals surface area contributed by atoms with Crippen LogP contribution in [0.15, 0.2) is 0 Å². The summed E-state index contributed by atoms with van der Waals surface area (Å²) in [5.74, 6) is 0.713. The molecule has 19 heavy (non-hydrogen) atoms. The molecule has 1 fully saturated rings. The minimum absolute atomic E-state index is 0.0397. The van der Waals surface area contributed by atoms with Crippen LogP contribution in [0.4, 0.5) is 0 Å². The van der Waals surface area contributed by atoms with E-state index in [1.807, 2.05) is 6.92 Å². The molecule has 0 heterocycles. The molecule has 1 aliphatic rings. The molecular weight excluding hydrogens is 262 g/mol. The highest BCUT2D eigenvalue weighted by molar-refractivity contribution is 7.89. The van der Waals surface area contributed by atoms with Gasteiger partial charge in [0.05, 0.1) is 11.3 Å². The predicted octanol–water partition coefficient (Wildman–Crippen LogP) is 1.98. The molecule has 112 valence electrons. The van der Waals surface area contributed by atoms with Gasteiger partial charge >= 0.3 is 0 Å². The number of sulfonamides is 1. The summed E-state index contributed by atoms with van der Waals surface area (Å²) in [5.41, 5.74) is 4.85. The quantitative estimate of drug-likeness (QED) is 0.494. The fourth-order valence-corrected chi connectivity index (χ4v) is 4.37. The fraction of sp³-hybridized carbons (Fsp3) is 0.923. The van der Waals surface area contributed by atoms with Crippen molar-refractivity contribution < 1.29 is 8.42 Å². The molecule has 0 atom stereocenters. The van der Waals surface area contributed by atoms with Gasteiger partial charge in [-0.15, -0.1) is 0 Å². The van der Waals surface area contributed by atoms with E-state index in [0.29, 0.717) is 25.2 Å². The van der Waals surface area contributed by atoms with E-state index in [1.165, 1.54) is 0 Å². The maximum absolute atomic E-state index is 12.1. The average molecular weight is 289 g/mol. The Hall–Kier alpha value is -0.620. The molecule has 1 rings (SSSR count). The van der Waals surface area contributed by atoms with Gasteiger partial charge in [0.1, 0.15) is 5.84 Å². The molecule has 1 saturated carbocycles. The minimum Gasteiger partial charge on any atom is -0.386 e. The number of nitrogens with one attached hydrogen (secondary N) is 2. The highest BCUT2D eigenvalue weighted by Crippen LogP contribution is 2.34. The molecular formula is C13H27N3O2S. The van der Waals surface area contributed by atoms with E-state index in [1.54, 1.807) is 0 Å². The Morgan fingerprint density at radius 1 is 1.37 bits per heavy atom. The second-order valence-corrected chi connectivity index (χ2v) is 7.46. The van der Waals surface area contributed by atoms with Crippen LogP contribution in [0, 0.1) is 11.3 Å². The normalized spacial score (nSPS) is 28.2. The lowest BCUT2D eigenvalue weighted by atomic mass is 9.75. The van der Waals surface area contributed by atoms with E-state index in [4.69, 9.17) is 11.1 Å². The van der Waals surface area contributed by atoms with Gasteiger partial charge in [-0.05, 0) is 38.0 Å². The van der Waals surface area contributed by atoms with Crippen LogP contribution in [0.5, 0.6) is 0 Å². The Bertz CT molecular complexity index is 398. The van der Waals surface area contributed by atoms with Crippen LogP contribution >= 0.6 is 0 Å². The predicted molar refractivity (Wildman–Crippen MR) is 78.7 cm³/mol. The van der Waals surface area contributed by atoms with Crippen molar-refractivity contribution in [3.63, 3.8) is 0 Å². The topological polar surface area (TPSA) is 96.0 Å². The van der Waals surface area contributed by atoms with Gasteiger partial charge in [-0.2, -0.15) is 0 Å². The lowest BCUT2D eigenvalue weighted by Gasteiger charge is -2.39. The van der Waals surface area contributed by atoms with Crippen molar-refractivity contribution in [1.29, 1.82) is 5.41 Å². The first-order valence-corrected chi connectivity index (χ1v) is 8.86. The lowest BCUT2D eigenvalue weighted by Crippen LogP contribution is -2.59. The molecule has 0 aromatic carbocycles. The van der Waals surface area contributed by atoms with Gasteiger partial charge in [-0.3, -0.25) is 5.41 Å². The van der Waals surface area contributed by atoms with E-state index in [2.05, 4.69) is 11.6 Å². The molecule has 0 amide bonds. The van der Waals surface area contributed by atoms with E-state index >= 15 is 0 Å². The highest BCUT2D eigenvalue weighted by atomic mass is 32.2. The average Bonchev–Trinajstić information content (AvgIpc) is 2.36. The second-order valence-electron chi connectivity index (χ2n) is 5.62. The molecule has 0 radical (unpaired) electrons. The van der Waals surface area contributed by atoms with E-state index in [9.17, 15) is 8.42 Å². The third kappa shape index (κ3) is 4.45. The summed E-state index contributed by atoms with van der Waals surface area (Å²) in [6, 6.07) is 0. The molecule has 0 unspecified atom stereocenters. The molecule has 0 aliphatic heterocycles. The Morgan fingerprint density at radius 3 is 2.37 bits per heavy atom. The van der Waals surface area contributed by atoms with Crippen molar-refractivity contribution in [3.05, 3.63) is 0 Å². The van der Waals surface area contributed by atoms with E-state index in [0.717, 1.165) is 25.7 Å². The van der Waals surface area contributed by atoms with Crippen molar-refractivity contribution in [3.8, 4) is 0 Å². The summed E-state index contributed by atoms with van der Waals surface area (Å²) in [6.45, 7) is 4.11. The molecule has 6 heteroatoms. The van der Waals surface area contributed by atoms with E-state index < -0.39 is 15.6 Å². The third-order valence-electron chi connectivity index (χ3n) is 4.17. The van der Waals surface area contributed by atoms with Crippen LogP contribution in [0.3, 0.4) is 0 Å². The number of rotatable bonds is 7. The zero-order chi connectivity index (χ0) is 14.5. The van der Waals surface area contributed by atoms with E-state index in [-0.39, 0.29) is 11.6 Å². The largest absolute Gasteiger partial charge is 0.386 e. The minimum atomic E-state index is -3.34. The Balaban J connectivity index is 2.76. The Kier molecular flexibility index (Phi) is 5.80. The first-order valence-electron chi connectivity index (χ1n) is 7.21. The van der Waals surface area contributed by atoms with Gasteiger partial charge in [0.2, 0.25) is 10.0 Å². The summed E-state index contributed by atoms with van der Waals surface area (Å²) in [7, 11) is -3.34. The van der Waals surface area contributed by atoms with Gasteiger partial charge < -0.3 is 5.73 Å². The monoisotopic (exact) mass is 289 g/mol. The molecule has 0 spiro atoms. The summed E-state index contributed by atoms with van der Waals surface area (Å²) >= 11 is 0. The smallest absolute Gasteiger partial charge is 0.212 e. The molecule has 1 aliphatic carbocycles. The molecule has 4 N–H and O–H groups in total. The SMILES string of the molecule is CCCCS(=O)(=O)NC1(C(=N)N)CCC(CC)CC1. The number of hydrogen-bond acceptors (Lipinski definition) is 3. The Labute approximate surface area is 116 Å². The van der Waals surface area contributed by atoms with Crippen molar-refractivity contribution in [1.82, 2.24) is 4.72 Å². The van der Waals surface area contributed by atoms with Crippen LogP contribution < -0.4 is 10.5 Å². The Morgan fingerprint density at radius 2 is 1.95 bits per heavy atom. The fourth-order valence-electron chi connectivity index (χ4n) is 2.69. The van der Waals surface area contributed by atoms with Crippen LogP contribution in [0.2, 0.25) is 0 Å². The van der Waals surface area contributed by atoms with Gasteiger partial charge in [-0.1, -0.05) is 26.7 Å². The zero-order valence-electron chi connectivity index (χ0n) is 12.0. The third-order valence-corrected chi connectivity index (χ3v) is 5.70. The van der Waals surface area contributed by atoms with Crippen molar-refractivity contribution in [2.24, 2.45) is 11.7 Å². The number of nitrogens with two attached hydrogens (primary N) is 1. The van der Waals surface area contributed by atoms with Crippen molar-refractivity contribution in [2.45, 2.75) is 64.3 Å². The number of unbranched alkanes of at least 4 members (excludes halogenated alkanes) is 1. The van der Waals surface area contributed by atoms with Crippen LogP contribution in [0.1, 0.15) is 58.8 Å². The summed E-state index contributed by atoms with van der Waals surface area (Å²) in [6.07, 6.45) is 5.75. The van der Waals surface area contributed by atoms with Crippen LogP contribution in [0.25, 0.3) is 0 Å². The number of hydrogen-bond donors (Lipinski definition) is 3. The molecule has 0 aromatic heterocycles.